The van der Waals surface area contributed by atoms with Gasteiger partial charge in [-0.3, -0.25) is 4.79 Å². The molecule has 0 fully saturated rings. The summed E-state index contributed by atoms with van der Waals surface area (Å²) in [5.74, 6) is 1.12. The highest BCUT2D eigenvalue weighted by atomic mass is 32.2. The average Bonchev–Trinajstić information content (AvgIpc) is 3.38. The Balaban J connectivity index is 1.39. The van der Waals surface area contributed by atoms with Crippen molar-refractivity contribution in [2.24, 2.45) is 0 Å². The summed E-state index contributed by atoms with van der Waals surface area (Å²) in [5.41, 5.74) is 0.283. The summed E-state index contributed by atoms with van der Waals surface area (Å²) < 4.78 is 12.3. The average molecular weight is 425 g/mol. The molecule has 29 heavy (non-hydrogen) atoms. The number of amides is 1. The van der Waals surface area contributed by atoms with Gasteiger partial charge in [-0.1, -0.05) is 35.5 Å². The summed E-state index contributed by atoms with van der Waals surface area (Å²) >= 11 is 3.31. The van der Waals surface area contributed by atoms with E-state index in [-0.39, 0.29) is 18.2 Å². The molecule has 148 valence electrons. The number of para-hydroxylation sites is 1. The minimum atomic E-state index is -0.179. The molecule has 2 heterocycles. The van der Waals surface area contributed by atoms with Crippen LogP contribution in [0.5, 0.6) is 5.75 Å². The van der Waals surface area contributed by atoms with Gasteiger partial charge in [-0.05, 0) is 35.9 Å². The number of nitrogens with zero attached hydrogens (tertiary/aromatic N) is 2. The van der Waals surface area contributed by atoms with Crippen LogP contribution in [0.15, 0.2) is 70.1 Å². The van der Waals surface area contributed by atoms with Crippen molar-refractivity contribution in [1.29, 1.82) is 0 Å². The summed E-state index contributed by atoms with van der Waals surface area (Å²) in [6.45, 7) is 0.746. The Hall–Kier alpha value is -2.77. The lowest BCUT2D eigenvalue weighted by Crippen LogP contribution is -2.26. The van der Waals surface area contributed by atoms with Crippen molar-refractivity contribution < 1.29 is 14.1 Å². The van der Waals surface area contributed by atoms with Gasteiger partial charge in [0.15, 0.2) is 11.5 Å². The molecule has 0 radical (unpaired) electrons. The Morgan fingerprint density at radius 2 is 1.97 bits per heavy atom. The van der Waals surface area contributed by atoms with Crippen LogP contribution in [0.4, 0.5) is 0 Å². The molecule has 0 saturated heterocycles. The van der Waals surface area contributed by atoms with Gasteiger partial charge >= 0.3 is 0 Å². The number of carbonyl (C=O) groups excluding carboxylic acids is 1. The minimum Gasteiger partial charge on any atom is -0.484 e. The highest BCUT2D eigenvalue weighted by molar-refractivity contribution is 7.98. The Labute approximate surface area is 177 Å². The first-order valence-corrected chi connectivity index (χ1v) is 11.1. The first-order valence-electron chi connectivity index (χ1n) is 9.08. The van der Waals surface area contributed by atoms with Crippen LogP contribution < -0.4 is 4.74 Å². The van der Waals surface area contributed by atoms with Gasteiger partial charge in [0.05, 0.1) is 6.54 Å². The van der Waals surface area contributed by atoms with Gasteiger partial charge in [0.2, 0.25) is 0 Å². The summed E-state index contributed by atoms with van der Waals surface area (Å²) in [6.07, 6.45) is 2.00. The Morgan fingerprint density at radius 1 is 1.17 bits per heavy atom. The van der Waals surface area contributed by atoms with Gasteiger partial charge in [0.1, 0.15) is 12.4 Å². The van der Waals surface area contributed by atoms with Crippen molar-refractivity contribution in [2.45, 2.75) is 18.0 Å². The first kappa shape index (κ1) is 19.5. The number of benzene rings is 2. The van der Waals surface area contributed by atoms with Gasteiger partial charge < -0.3 is 14.2 Å². The molecule has 0 aliphatic rings. The molecule has 0 atom stereocenters. The fraction of sp³-hybridized carbons (Fsp3) is 0.182. The number of thioether (sulfide) groups is 1. The van der Waals surface area contributed by atoms with Gasteiger partial charge in [0, 0.05) is 27.6 Å². The van der Waals surface area contributed by atoms with E-state index in [1.807, 2.05) is 42.7 Å². The highest BCUT2D eigenvalue weighted by Gasteiger charge is 2.18. The van der Waals surface area contributed by atoms with E-state index in [4.69, 9.17) is 9.26 Å². The lowest BCUT2D eigenvalue weighted by Gasteiger charge is -2.14. The third-order valence-electron chi connectivity index (χ3n) is 4.43. The second-order valence-corrected chi connectivity index (χ2v) is 8.55. The summed E-state index contributed by atoms with van der Waals surface area (Å²) in [6, 6.07) is 19.8. The molecule has 1 amide bonds. The number of ether oxygens (including phenoxy) is 1. The monoisotopic (exact) mass is 424 g/mol. The number of aromatic nitrogens is 1. The van der Waals surface area contributed by atoms with Crippen molar-refractivity contribution in [2.75, 3.05) is 13.3 Å². The number of hydrogen-bond donors (Lipinski definition) is 0. The highest BCUT2D eigenvalue weighted by Crippen LogP contribution is 2.28. The quantitative estimate of drug-likeness (QED) is 0.369. The van der Waals surface area contributed by atoms with Crippen LogP contribution >= 0.6 is 23.1 Å². The van der Waals surface area contributed by atoms with Crippen LogP contribution in [0.25, 0.3) is 10.1 Å². The van der Waals surface area contributed by atoms with Gasteiger partial charge in [-0.2, -0.15) is 0 Å². The maximum atomic E-state index is 12.7. The number of rotatable bonds is 7. The maximum absolute atomic E-state index is 12.7. The van der Waals surface area contributed by atoms with Gasteiger partial charge in [0.25, 0.3) is 5.91 Å². The van der Waals surface area contributed by atoms with E-state index in [1.165, 1.54) is 10.1 Å². The summed E-state index contributed by atoms with van der Waals surface area (Å²) in [7, 11) is 1.77. The lowest BCUT2D eigenvalue weighted by atomic mass is 10.2. The summed E-state index contributed by atoms with van der Waals surface area (Å²) in [5, 5.41) is 5.12. The van der Waals surface area contributed by atoms with Crippen LogP contribution in [0.3, 0.4) is 0 Å². The number of thiophene rings is 1. The largest absolute Gasteiger partial charge is 0.484 e. The van der Waals surface area contributed by atoms with E-state index in [9.17, 15) is 4.79 Å². The predicted octanol–water partition coefficient (Wildman–Crippen LogP) is 5.46. The zero-order valence-corrected chi connectivity index (χ0v) is 17.8. The minimum absolute atomic E-state index is 0.179. The molecule has 4 aromatic rings. The second-order valence-electron chi connectivity index (χ2n) is 6.53. The van der Waals surface area contributed by atoms with E-state index in [0.29, 0.717) is 12.3 Å². The van der Waals surface area contributed by atoms with E-state index >= 15 is 0 Å². The van der Waals surface area contributed by atoms with Crippen molar-refractivity contribution >= 4 is 39.1 Å². The third-order valence-corrected chi connectivity index (χ3v) is 6.31. The van der Waals surface area contributed by atoms with E-state index in [0.717, 1.165) is 15.5 Å². The molecule has 2 aromatic heterocycles. The first-order chi connectivity index (χ1) is 14.1. The molecule has 0 aliphatic heterocycles. The fourth-order valence-corrected chi connectivity index (χ4v) is 4.65. The van der Waals surface area contributed by atoms with Gasteiger partial charge in [-0.25, -0.2) is 0 Å². The van der Waals surface area contributed by atoms with E-state index in [2.05, 4.69) is 23.4 Å². The molecule has 0 bridgehead atoms. The molecule has 0 unspecified atom stereocenters. The van der Waals surface area contributed by atoms with Crippen LogP contribution in [0, 0.1) is 0 Å². The standard InChI is InChI=1S/C22H20N2O3S2/c1-24(13-17-11-15-7-3-5-9-20(15)29-17)22(25)18-12-16(27-23-18)14-26-19-8-4-6-10-21(19)28-2/h3-12H,13-14H2,1-2H3. The molecule has 4 rings (SSSR count). The van der Waals surface area contributed by atoms with Crippen molar-refractivity contribution in [3.05, 3.63) is 77.0 Å². The molecule has 0 saturated carbocycles. The van der Waals surface area contributed by atoms with Crippen LogP contribution in [0.2, 0.25) is 0 Å². The number of hydrogen-bond acceptors (Lipinski definition) is 6. The fourth-order valence-electron chi connectivity index (χ4n) is 2.98. The Bertz CT molecular complexity index is 1100. The van der Waals surface area contributed by atoms with E-state index in [1.54, 1.807) is 41.1 Å². The van der Waals surface area contributed by atoms with Gasteiger partial charge in [-0.15, -0.1) is 23.1 Å². The molecular weight excluding hydrogens is 404 g/mol. The van der Waals surface area contributed by atoms with Crippen molar-refractivity contribution in [3.63, 3.8) is 0 Å². The number of fused-ring (bicyclic) bond motifs is 1. The predicted molar refractivity (Wildman–Crippen MR) is 117 cm³/mol. The lowest BCUT2D eigenvalue weighted by molar-refractivity contribution is 0.0776. The van der Waals surface area contributed by atoms with Crippen molar-refractivity contribution in [1.82, 2.24) is 10.1 Å². The molecule has 7 heteroatoms. The van der Waals surface area contributed by atoms with Crippen LogP contribution in [-0.4, -0.2) is 29.3 Å². The molecule has 0 spiro atoms. The molecule has 5 nitrogen and oxygen atoms in total. The normalized spacial score (nSPS) is 11.0. The smallest absolute Gasteiger partial charge is 0.276 e. The van der Waals surface area contributed by atoms with Crippen LogP contribution in [-0.2, 0) is 13.2 Å². The zero-order valence-electron chi connectivity index (χ0n) is 16.1. The second kappa shape index (κ2) is 8.71. The Kier molecular flexibility index (Phi) is 5.87. The third kappa shape index (κ3) is 4.46. The zero-order chi connectivity index (χ0) is 20.2. The molecule has 0 N–H and O–H groups in total. The number of carbonyl (C=O) groups is 1. The van der Waals surface area contributed by atoms with Crippen LogP contribution in [0.1, 0.15) is 21.1 Å². The topological polar surface area (TPSA) is 55.6 Å². The molecular formula is C22H20N2O3S2. The van der Waals surface area contributed by atoms with E-state index < -0.39 is 0 Å². The van der Waals surface area contributed by atoms with Crippen molar-refractivity contribution in [3.8, 4) is 5.75 Å². The maximum Gasteiger partial charge on any atom is 0.276 e. The SMILES string of the molecule is CSc1ccccc1OCc1cc(C(=O)N(C)Cc2cc3ccccc3s2)no1. The molecule has 2 aromatic carbocycles. The molecule has 0 aliphatic carbocycles. The summed E-state index contributed by atoms with van der Waals surface area (Å²) in [4.78, 5) is 16.5. The Morgan fingerprint density at radius 3 is 2.79 bits per heavy atom.